The number of unbranched alkanes of at least 4 members (excludes halogenated alkanes) is 2. The minimum Gasteiger partial charge on any atom is -0.430 e. The van der Waals surface area contributed by atoms with Crippen LogP contribution in [-0.4, -0.2) is 68.8 Å². The molecule has 0 aromatic carbocycles. The van der Waals surface area contributed by atoms with Crippen LogP contribution in [0.2, 0.25) is 0 Å². The van der Waals surface area contributed by atoms with E-state index in [1.165, 1.54) is 7.05 Å². The molecule has 0 aliphatic carbocycles. The first kappa shape index (κ1) is 25.8. The number of rotatable bonds is 13. The van der Waals surface area contributed by atoms with Gasteiger partial charge in [-0.2, -0.15) is 0 Å². The van der Waals surface area contributed by atoms with Gasteiger partial charge in [0.05, 0.1) is 0 Å². The quantitative estimate of drug-likeness (QED) is 0.276. The highest BCUT2D eigenvalue weighted by Crippen LogP contribution is 2.09. The van der Waals surface area contributed by atoms with Gasteiger partial charge < -0.3 is 30.7 Å². The first-order valence-electron chi connectivity index (χ1n) is 9.95. The van der Waals surface area contributed by atoms with Crippen LogP contribution >= 0.6 is 0 Å². The molecule has 0 aliphatic heterocycles. The summed E-state index contributed by atoms with van der Waals surface area (Å²) in [6.45, 7) is 9.11. The van der Waals surface area contributed by atoms with Gasteiger partial charge in [0.15, 0.2) is 12.5 Å². The van der Waals surface area contributed by atoms with Crippen LogP contribution in [-0.2, 0) is 9.47 Å². The molecule has 0 fully saturated rings. The number of hydrogen-bond acceptors (Lipinski definition) is 6. The molecule has 2 atom stereocenters. The molecule has 0 saturated heterocycles. The highest BCUT2D eigenvalue weighted by Gasteiger charge is 2.25. The molecular formula is C18H37N5O5. The molecule has 10 nitrogen and oxygen atoms in total. The van der Waals surface area contributed by atoms with Crippen LogP contribution in [0.4, 0.5) is 14.4 Å². The van der Waals surface area contributed by atoms with Gasteiger partial charge in [0.25, 0.3) is 0 Å². The minimum absolute atomic E-state index is 0.288. The summed E-state index contributed by atoms with van der Waals surface area (Å²) >= 11 is 0. The minimum atomic E-state index is -0.661. The lowest BCUT2D eigenvalue weighted by Gasteiger charge is -2.33. The normalized spacial score (nSPS) is 12.6. The van der Waals surface area contributed by atoms with Gasteiger partial charge in [-0.1, -0.05) is 26.7 Å². The zero-order chi connectivity index (χ0) is 21.4. The van der Waals surface area contributed by atoms with Gasteiger partial charge in [-0.3, -0.25) is 0 Å². The number of ether oxygens (including phenoxy) is 2. The fraction of sp³-hybridized carbons (Fsp3) is 0.833. The van der Waals surface area contributed by atoms with E-state index in [2.05, 4.69) is 21.3 Å². The molecule has 0 radical (unpaired) electrons. The van der Waals surface area contributed by atoms with Crippen LogP contribution in [0.15, 0.2) is 0 Å². The number of hydrogen-bond donors (Lipinski definition) is 4. The lowest BCUT2D eigenvalue weighted by Crippen LogP contribution is -2.50. The predicted octanol–water partition coefficient (Wildman–Crippen LogP) is 1.96. The molecule has 0 bridgehead atoms. The molecule has 28 heavy (non-hydrogen) atoms. The Kier molecular flexibility index (Phi) is 14.5. The van der Waals surface area contributed by atoms with E-state index in [1.54, 1.807) is 18.7 Å². The van der Waals surface area contributed by atoms with Crippen molar-refractivity contribution in [3.05, 3.63) is 0 Å². The average Bonchev–Trinajstić information content (AvgIpc) is 2.65. The number of urea groups is 1. The van der Waals surface area contributed by atoms with Crippen molar-refractivity contribution in [2.45, 2.75) is 65.8 Å². The first-order chi connectivity index (χ1) is 13.3. The number of nitrogens with zero attached hydrogens (tertiary/aromatic N) is 1. The Morgan fingerprint density at radius 1 is 0.821 bits per heavy atom. The Morgan fingerprint density at radius 3 is 1.68 bits per heavy atom. The van der Waals surface area contributed by atoms with E-state index < -0.39 is 24.6 Å². The van der Waals surface area contributed by atoms with E-state index in [4.69, 9.17) is 9.47 Å². The predicted molar refractivity (Wildman–Crippen MR) is 107 cm³/mol. The number of amides is 4. The smallest absolute Gasteiger partial charge is 0.408 e. The monoisotopic (exact) mass is 403 g/mol. The topological polar surface area (TPSA) is 121 Å². The van der Waals surface area contributed by atoms with Crippen LogP contribution in [0.5, 0.6) is 0 Å². The highest BCUT2D eigenvalue weighted by molar-refractivity contribution is 5.73. The van der Waals surface area contributed by atoms with Crippen molar-refractivity contribution < 1.29 is 23.9 Å². The summed E-state index contributed by atoms with van der Waals surface area (Å²) in [4.78, 5) is 36.9. The second-order valence-electron chi connectivity index (χ2n) is 6.31. The summed E-state index contributed by atoms with van der Waals surface area (Å²) in [6.07, 6.45) is 1.25. The van der Waals surface area contributed by atoms with Crippen LogP contribution in [0.3, 0.4) is 0 Å². The Balaban J connectivity index is 4.74. The number of nitrogens with one attached hydrogen (secondary N) is 4. The summed E-state index contributed by atoms with van der Waals surface area (Å²) in [5.74, 6) is 0. The van der Waals surface area contributed by atoms with Gasteiger partial charge in [-0.25, -0.2) is 19.3 Å². The SMILES string of the molecule is CCCCNC(=O)OC(C)N(CCNC(=O)NC)C(C)OC(=O)NCCCC. The van der Waals surface area contributed by atoms with E-state index in [0.29, 0.717) is 19.6 Å². The first-order valence-corrected chi connectivity index (χ1v) is 9.95. The lowest BCUT2D eigenvalue weighted by atomic mass is 10.3. The molecule has 10 heteroatoms. The van der Waals surface area contributed by atoms with E-state index in [-0.39, 0.29) is 12.6 Å². The fourth-order valence-electron chi connectivity index (χ4n) is 2.31. The fourth-order valence-corrected chi connectivity index (χ4v) is 2.31. The largest absolute Gasteiger partial charge is 0.430 e. The van der Waals surface area contributed by atoms with E-state index in [1.807, 2.05) is 13.8 Å². The van der Waals surface area contributed by atoms with Crippen molar-refractivity contribution >= 4 is 18.2 Å². The zero-order valence-electron chi connectivity index (χ0n) is 17.8. The van der Waals surface area contributed by atoms with E-state index >= 15 is 0 Å². The van der Waals surface area contributed by atoms with Crippen LogP contribution in [0.1, 0.15) is 53.4 Å². The van der Waals surface area contributed by atoms with Crippen LogP contribution in [0.25, 0.3) is 0 Å². The van der Waals surface area contributed by atoms with Gasteiger partial charge in [0.1, 0.15) is 0 Å². The summed E-state index contributed by atoms with van der Waals surface area (Å²) in [5, 5.41) is 10.5. The molecule has 164 valence electrons. The lowest BCUT2D eigenvalue weighted by molar-refractivity contribution is -0.0904. The Morgan fingerprint density at radius 2 is 1.29 bits per heavy atom. The van der Waals surface area contributed by atoms with Gasteiger partial charge in [-0.05, 0) is 26.7 Å². The van der Waals surface area contributed by atoms with Crippen molar-refractivity contribution in [2.75, 3.05) is 33.2 Å². The highest BCUT2D eigenvalue weighted by atomic mass is 16.6. The Hall–Kier alpha value is -2.23. The van der Waals surface area contributed by atoms with E-state index in [9.17, 15) is 14.4 Å². The molecule has 0 aromatic heterocycles. The third-order valence-electron chi connectivity index (χ3n) is 3.97. The zero-order valence-corrected chi connectivity index (χ0v) is 17.8. The molecule has 0 rings (SSSR count). The third kappa shape index (κ3) is 12.2. The number of carbonyl (C=O) groups is 3. The molecular weight excluding hydrogens is 366 g/mol. The molecule has 0 spiro atoms. The Labute approximate surface area is 168 Å². The number of alkyl carbamates (subject to hydrolysis) is 2. The summed E-state index contributed by atoms with van der Waals surface area (Å²) in [5.41, 5.74) is 0. The van der Waals surface area contributed by atoms with Crippen LogP contribution < -0.4 is 21.3 Å². The Bertz CT molecular complexity index is 434. The maximum absolute atomic E-state index is 11.9. The molecule has 4 N–H and O–H groups in total. The van der Waals surface area contributed by atoms with Crippen molar-refractivity contribution in [2.24, 2.45) is 0 Å². The van der Waals surface area contributed by atoms with Crippen LogP contribution in [0, 0.1) is 0 Å². The van der Waals surface area contributed by atoms with Crippen molar-refractivity contribution in [1.29, 1.82) is 0 Å². The maximum atomic E-state index is 11.9. The van der Waals surface area contributed by atoms with Gasteiger partial charge in [-0.15, -0.1) is 0 Å². The summed E-state index contributed by atoms with van der Waals surface area (Å²) in [7, 11) is 1.52. The maximum Gasteiger partial charge on any atom is 0.408 e. The molecule has 0 aliphatic rings. The van der Waals surface area contributed by atoms with E-state index in [0.717, 1.165) is 25.7 Å². The molecule has 0 aromatic rings. The second-order valence-corrected chi connectivity index (χ2v) is 6.31. The van der Waals surface area contributed by atoms with Crippen molar-refractivity contribution in [1.82, 2.24) is 26.2 Å². The molecule has 4 amide bonds. The molecule has 2 unspecified atom stereocenters. The molecule has 0 saturated carbocycles. The van der Waals surface area contributed by atoms with Gasteiger partial charge in [0.2, 0.25) is 0 Å². The average molecular weight is 404 g/mol. The molecule has 0 heterocycles. The third-order valence-corrected chi connectivity index (χ3v) is 3.97. The standard InChI is InChI=1S/C18H37N5O5/c1-6-8-10-21-17(25)27-14(3)23(13-12-20-16(24)19-5)15(4)28-18(26)22-11-9-7-2/h14-15H,6-13H2,1-5H3,(H,21,25)(H,22,26)(H2,19,20,24). The van der Waals surface area contributed by atoms with Gasteiger partial charge >= 0.3 is 18.2 Å². The number of carbonyl (C=O) groups excluding carboxylic acids is 3. The second kappa shape index (κ2) is 15.8. The van der Waals surface area contributed by atoms with Crippen molar-refractivity contribution in [3.63, 3.8) is 0 Å². The van der Waals surface area contributed by atoms with Gasteiger partial charge in [0, 0.05) is 33.2 Å². The summed E-state index contributed by atoms with van der Waals surface area (Å²) in [6, 6.07) is -0.322. The van der Waals surface area contributed by atoms with Crippen molar-refractivity contribution in [3.8, 4) is 0 Å². The summed E-state index contributed by atoms with van der Waals surface area (Å²) < 4.78 is 10.8.